The SMILES string of the molecule is CC.CCCNCCc1ccc(Cn2c(-c3ccccc3C)c(F)c3cc(OCc4ccccc4)ccc32)cc1. The number of aryl methyl sites for hydroxylation is 1. The van der Waals surface area contributed by atoms with Crippen LogP contribution in [0.15, 0.2) is 97.1 Å². The van der Waals surface area contributed by atoms with E-state index in [-0.39, 0.29) is 5.82 Å². The third kappa shape index (κ3) is 7.00. The summed E-state index contributed by atoms with van der Waals surface area (Å²) in [7, 11) is 0. The van der Waals surface area contributed by atoms with Crippen LogP contribution in [-0.2, 0) is 19.6 Å². The molecule has 0 aliphatic rings. The molecule has 0 saturated heterocycles. The van der Waals surface area contributed by atoms with Crippen molar-refractivity contribution in [1.82, 2.24) is 9.88 Å². The first-order chi connectivity index (χ1) is 19.6. The van der Waals surface area contributed by atoms with Crippen LogP contribution in [0.25, 0.3) is 22.2 Å². The molecule has 0 bridgehead atoms. The monoisotopic (exact) mass is 536 g/mol. The molecule has 0 spiro atoms. The van der Waals surface area contributed by atoms with Crippen molar-refractivity contribution in [2.24, 2.45) is 0 Å². The Labute approximate surface area is 238 Å². The van der Waals surface area contributed by atoms with Gasteiger partial charge in [-0.25, -0.2) is 4.39 Å². The molecule has 5 rings (SSSR count). The molecule has 40 heavy (non-hydrogen) atoms. The van der Waals surface area contributed by atoms with Crippen molar-refractivity contribution in [3.8, 4) is 17.0 Å². The summed E-state index contributed by atoms with van der Waals surface area (Å²) in [6, 6.07) is 32.5. The summed E-state index contributed by atoms with van der Waals surface area (Å²) in [5.41, 5.74) is 6.96. The number of benzene rings is 4. The number of nitrogens with zero attached hydrogens (tertiary/aromatic N) is 1. The Morgan fingerprint density at radius 1 is 0.775 bits per heavy atom. The predicted octanol–water partition coefficient (Wildman–Crippen LogP) is 8.95. The Bertz CT molecular complexity index is 1490. The van der Waals surface area contributed by atoms with E-state index in [9.17, 15) is 0 Å². The lowest BCUT2D eigenvalue weighted by atomic mass is 10.0. The summed E-state index contributed by atoms with van der Waals surface area (Å²) >= 11 is 0. The van der Waals surface area contributed by atoms with Crippen molar-refractivity contribution < 1.29 is 9.13 Å². The number of aromatic nitrogens is 1. The number of rotatable bonds is 11. The number of hydrogen-bond acceptors (Lipinski definition) is 2. The van der Waals surface area contributed by atoms with Crippen LogP contribution in [0.5, 0.6) is 5.75 Å². The van der Waals surface area contributed by atoms with E-state index >= 15 is 4.39 Å². The Balaban J connectivity index is 0.00000181. The van der Waals surface area contributed by atoms with E-state index in [2.05, 4.69) is 41.1 Å². The molecule has 4 aromatic carbocycles. The van der Waals surface area contributed by atoms with Crippen molar-refractivity contribution in [3.05, 3.63) is 125 Å². The van der Waals surface area contributed by atoms with Gasteiger partial charge in [0, 0.05) is 17.5 Å². The van der Waals surface area contributed by atoms with E-state index in [1.807, 2.05) is 93.6 Å². The first kappa shape index (κ1) is 29.1. The average molecular weight is 537 g/mol. The minimum atomic E-state index is -0.210. The summed E-state index contributed by atoms with van der Waals surface area (Å²) in [5, 5.41) is 4.03. The van der Waals surface area contributed by atoms with Gasteiger partial charge >= 0.3 is 0 Å². The van der Waals surface area contributed by atoms with Crippen LogP contribution in [-0.4, -0.2) is 17.7 Å². The molecule has 0 aliphatic carbocycles. The molecule has 4 heteroatoms. The van der Waals surface area contributed by atoms with Gasteiger partial charge in [0.2, 0.25) is 0 Å². The molecule has 1 N–H and O–H groups in total. The average Bonchev–Trinajstić information content (AvgIpc) is 3.27. The van der Waals surface area contributed by atoms with Crippen molar-refractivity contribution in [2.75, 3.05) is 13.1 Å². The van der Waals surface area contributed by atoms with Crippen molar-refractivity contribution in [2.45, 2.75) is 53.7 Å². The zero-order chi connectivity index (χ0) is 28.3. The van der Waals surface area contributed by atoms with Crippen LogP contribution in [0.4, 0.5) is 4.39 Å². The zero-order valence-corrected chi connectivity index (χ0v) is 24.2. The van der Waals surface area contributed by atoms with Crippen LogP contribution >= 0.6 is 0 Å². The molecule has 3 nitrogen and oxygen atoms in total. The van der Waals surface area contributed by atoms with Gasteiger partial charge in [-0.15, -0.1) is 0 Å². The van der Waals surface area contributed by atoms with Crippen LogP contribution in [0.3, 0.4) is 0 Å². The van der Waals surface area contributed by atoms with Crippen LogP contribution in [0.1, 0.15) is 49.4 Å². The molecular formula is C36H41FN2O. The highest BCUT2D eigenvalue weighted by Crippen LogP contribution is 2.36. The largest absolute Gasteiger partial charge is 0.489 e. The quantitative estimate of drug-likeness (QED) is 0.171. The molecule has 1 aromatic heterocycles. The molecule has 1 heterocycles. The summed E-state index contributed by atoms with van der Waals surface area (Å²) in [6.45, 7) is 11.3. The topological polar surface area (TPSA) is 26.2 Å². The molecule has 208 valence electrons. The predicted molar refractivity (Wildman–Crippen MR) is 167 cm³/mol. The second kappa shape index (κ2) is 14.5. The molecule has 0 fully saturated rings. The Morgan fingerprint density at radius 3 is 2.20 bits per heavy atom. The lowest BCUT2D eigenvalue weighted by Crippen LogP contribution is -2.17. The smallest absolute Gasteiger partial charge is 0.156 e. The summed E-state index contributed by atoms with van der Waals surface area (Å²) in [4.78, 5) is 0. The van der Waals surface area contributed by atoms with Crippen molar-refractivity contribution in [3.63, 3.8) is 0 Å². The maximum absolute atomic E-state index is 16.2. The van der Waals surface area contributed by atoms with Gasteiger partial charge in [0.15, 0.2) is 5.82 Å². The summed E-state index contributed by atoms with van der Waals surface area (Å²) in [6.07, 6.45) is 2.14. The molecule has 0 radical (unpaired) electrons. The Morgan fingerprint density at radius 2 is 1.48 bits per heavy atom. The van der Waals surface area contributed by atoms with E-state index in [1.165, 1.54) is 5.56 Å². The van der Waals surface area contributed by atoms with E-state index in [0.29, 0.717) is 30.0 Å². The van der Waals surface area contributed by atoms with Gasteiger partial charge in [0.25, 0.3) is 0 Å². The number of nitrogens with one attached hydrogen (secondary N) is 1. The van der Waals surface area contributed by atoms with E-state index in [1.54, 1.807) is 0 Å². The molecule has 0 aliphatic heterocycles. The number of fused-ring (bicyclic) bond motifs is 1. The first-order valence-electron chi connectivity index (χ1n) is 14.5. The number of halogens is 1. The minimum Gasteiger partial charge on any atom is -0.489 e. The third-order valence-electron chi connectivity index (χ3n) is 7.00. The number of ether oxygens (including phenoxy) is 1. The van der Waals surface area contributed by atoms with Gasteiger partial charge in [-0.3, -0.25) is 0 Å². The lowest BCUT2D eigenvalue weighted by molar-refractivity contribution is 0.306. The fraction of sp³-hybridized carbons (Fsp3) is 0.278. The van der Waals surface area contributed by atoms with Crippen molar-refractivity contribution >= 4 is 10.9 Å². The molecule has 0 unspecified atom stereocenters. The fourth-order valence-corrected chi connectivity index (χ4v) is 4.92. The van der Waals surface area contributed by atoms with E-state index in [4.69, 9.17) is 4.74 Å². The Hall–Kier alpha value is -3.89. The maximum Gasteiger partial charge on any atom is 0.156 e. The fourth-order valence-electron chi connectivity index (χ4n) is 4.92. The minimum absolute atomic E-state index is 0.210. The molecule has 0 amide bonds. The van der Waals surface area contributed by atoms with Gasteiger partial charge in [-0.05, 0) is 73.3 Å². The van der Waals surface area contributed by atoms with Gasteiger partial charge in [-0.1, -0.05) is 99.6 Å². The zero-order valence-electron chi connectivity index (χ0n) is 24.2. The van der Waals surface area contributed by atoms with Gasteiger partial charge in [-0.2, -0.15) is 0 Å². The van der Waals surface area contributed by atoms with E-state index < -0.39 is 0 Å². The number of hydrogen-bond donors (Lipinski definition) is 1. The van der Waals surface area contributed by atoms with Gasteiger partial charge in [0.1, 0.15) is 12.4 Å². The van der Waals surface area contributed by atoms with Crippen molar-refractivity contribution in [1.29, 1.82) is 0 Å². The molecule has 0 atom stereocenters. The third-order valence-corrected chi connectivity index (χ3v) is 7.00. The highest BCUT2D eigenvalue weighted by Gasteiger charge is 2.21. The standard InChI is InChI=1S/C34H35FN2O.C2H6/c1-3-20-36-21-19-26-13-15-27(16-14-26)23-37-32-18-17-29(38-24-28-10-5-4-6-11-28)22-31(32)33(35)34(37)30-12-8-7-9-25(30)2;1-2/h4-18,22,36H,3,19-21,23-24H2,1-2H3;1-2H3. The molecular weight excluding hydrogens is 495 g/mol. The highest BCUT2D eigenvalue weighted by atomic mass is 19.1. The lowest BCUT2D eigenvalue weighted by Gasteiger charge is -2.14. The molecule has 0 saturated carbocycles. The van der Waals surface area contributed by atoms with Crippen LogP contribution < -0.4 is 10.1 Å². The highest BCUT2D eigenvalue weighted by molar-refractivity contribution is 5.89. The van der Waals surface area contributed by atoms with Crippen LogP contribution in [0, 0.1) is 12.7 Å². The second-order valence-corrected chi connectivity index (χ2v) is 9.83. The summed E-state index contributed by atoms with van der Waals surface area (Å²) < 4.78 is 24.3. The summed E-state index contributed by atoms with van der Waals surface area (Å²) in [5.74, 6) is 0.452. The molecule has 5 aromatic rings. The normalized spacial score (nSPS) is 10.8. The van der Waals surface area contributed by atoms with Gasteiger partial charge < -0.3 is 14.6 Å². The van der Waals surface area contributed by atoms with E-state index in [0.717, 1.165) is 53.7 Å². The Kier molecular flexibility index (Phi) is 10.5. The second-order valence-electron chi connectivity index (χ2n) is 9.83. The van der Waals surface area contributed by atoms with Crippen LogP contribution in [0.2, 0.25) is 0 Å². The maximum atomic E-state index is 16.2. The van der Waals surface area contributed by atoms with Gasteiger partial charge in [0.05, 0.1) is 11.2 Å². The first-order valence-corrected chi connectivity index (χ1v) is 14.5.